The van der Waals surface area contributed by atoms with Crippen molar-refractivity contribution in [2.24, 2.45) is 11.5 Å². The molecule has 3 heterocycles. The number of nitrogens with zero attached hydrogens (tertiary/aromatic N) is 5. The molecule has 0 radical (unpaired) electrons. The maximum atomic E-state index is 12.9. The molecular weight excluding hydrogens is 370 g/mol. The Balaban J connectivity index is 1.80. The van der Waals surface area contributed by atoms with Crippen molar-refractivity contribution in [1.29, 1.82) is 10.7 Å². The molecule has 6 N–H and O–H groups in total. The Morgan fingerprint density at radius 2 is 2.03 bits per heavy atom. The molecule has 1 aliphatic heterocycles. The number of piperidine rings is 1. The number of rotatable bonds is 6. The number of hydrogen-bond acceptors (Lipinski definition) is 8. The first-order chi connectivity index (χ1) is 14.0. The van der Waals surface area contributed by atoms with Gasteiger partial charge in [-0.1, -0.05) is 0 Å². The van der Waals surface area contributed by atoms with Crippen molar-refractivity contribution in [3.05, 3.63) is 42.2 Å². The third kappa shape index (κ3) is 4.83. The summed E-state index contributed by atoms with van der Waals surface area (Å²) in [5.41, 5.74) is 13.6. The van der Waals surface area contributed by atoms with E-state index in [0.717, 1.165) is 31.6 Å². The highest BCUT2D eigenvalue weighted by Gasteiger charge is 2.28. The van der Waals surface area contributed by atoms with E-state index in [1.54, 1.807) is 12.4 Å². The van der Waals surface area contributed by atoms with Gasteiger partial charge in [0.15, 0.2) is 5.92 Å². The first-order valence-electron chi connectivity index (χ1n) is 9.26. The molecule has 29 heavy (non-hydrogen) atoms. The summed E-state index contributed by atoms with van der Waals surface area (Å²) in [5, 5.41) is 19.4. The fourth-order valence-corrected chi connectivity index (χ4v) is 3.20. The third-order valence-corrected chi connectivity index (χ3v) is 4.78. The van der Waals surface area contributed by atoms with E-state index in [-0.39, 0.29) is 24.1 Å². The minimum absolute atomic E-state index is 0.103. The fourth-order valence-electron chi connectivity index (χ4n) is 3.20. The monoisotopic (exact) mass is 393 g/mol. The normalized spacial score (nSPS) is 15.4. The molecule has 1 amide bonds. The standard InChI is InChI=1S/C19H23N9O/c20-5-1-12-9-25-18(26-10-12)16(17(22)23)19(29)27-14-11-24-6-2-15(14)28-7-3-13(21)4-8-28/h2,6,9-11,13,16H,1,3-4,7-8,21H2,(H3,22,23)(H,27,29). The van der Waals surface area contributed by atoms with Crippen molar-refractivity contribution >= 4 is 23.1 Å². The smallest absolute Gasteiger partial charge is 0.242 e. The van der Waals surface area contributed by atoms with E-state index < -0.39 is 11.8 Å². The highest BCUT2D eigenvalue weighted by molar-refractivity contribution is 6.11. The molecule has 1 saturated heterocycles. The molecule has 1 unspecified atom stereocenters. The van der Waals surface area contributed by atoms with Crippen LogP contribution in [0.25, 0.3) is 0 Å². The van der Waals surface area contributed by atoms with Crippen molar-refractivity contribution in [2.75, 3.05) is 23.3 Å². The van der Waals surface area contributed by atoms with Crippen LogP contribution in [0.3, 0.4) is 0 Å². The van der Waals surface area contributed by atoms with Crippen LogP contribution in [-0.4, -0.2) is 45.8 Å². The second-order valence-corrected chi connectivity index (χ2v) is 6.88. The summed E-state index contributed by atoms with van der Waals surface area (Å²) in [6.07, 6.45) is 8.05. The van der Waals surface area contributed by atoms with Crippen LogP contribution in [-0.2, 0) is 11.2 Å². The van der Waals surface area contributed by atoms with E-state index in [9.17, 15) is 4.79 Å². The van der Waals surface area contributed by atoms with Crippen LogP contribution >= 0.6 is 0 Å². The van der Waals surface area contributed by atoms with Crippen LogP contribution in [0.4, 0.5) is 11.4 Å². The first-order valence-corrected chi connectivity index (χ1v) is 9.26. The molecule has 0 spiro atoms. The van der Waals surface area contributed by atoms with Crippen LogP contribution in [0.1, 0.15) is 30.1 Å². The van der Waals surface area contributed by atoms with Crippen LogP contribution in [0.5, 0.6) is 0 Å². The number of amidine groups is 1. The Morgan fingerprint density at radius 3 is 2.66 bits per heavy atom. The van der Waals surface area contributed by atoms with Crippen molar-refractivity contribution in [3.63, 3.8) is 0 Å². The van der Waals surface area contributed by atoms with Crippen LogP contribution in [0.2, 0.25) is 0 Å². The number of aromatic nitrogens is 3. The predicted octanol–water partition coefficient (Wildman–Crippen LogP) is 0.523. The fraction of sp³-hybridized carbons (Fsp3) is 0.368. The van der Waals surface area contributed by atoms with Crippen molar-refractivity contribution in [1.82, 2.24) is 15.0 Å². The quantitative estimate of drug-likeness (QED) is 0.406. The summed E-state index contributed by atoms with van der Waals surface area (Å²) < 4.78 is 0. The minimum Gasteiger partial charge on any atom is -0.387 e. The zero-order chi connectivity index (χ0) is 20.8. The maximum absolute atomic E-state index is 12.9. The number of nitriles is 1. The zero-order valence-corrected chi connectivity index (χ0v) is 15.9. The molecule has 1 aliphatic rings. The Bertz CT molecular complexity index is 914. The average Bonchev–Trinajstić information content (AvgIpc) is 2.70. The van der Waals surface area contributed by atoms with E-state index in [0.29, 0.717) is 11.3 Å². The summed E-state index contributed by atoms with van der Waals surface area (Å²) in [7, 11) is 0. The minimum atomic E-state index is -1.14. The molecule has 10 heteroatoms. The van der Waals surface area contributed by atoms with E-state index in [1.165, 1.54) is 12.4 Å². The number of nitrogens with one attached hydrogen (secondary N) is 2. The van der Waals surface area contributed by atoms with Gasteiger partial charge in [-0.25, -0.2) is 9.97 Å². The van der Waals surface area contributed by atoms with Gasteiger partial charge in [0.05, 0.1) is 30.1 Å². The molecule has 150 valence electrons. The number of nitrogens with two attached hydrogens (primary N) is 2. The number of hydrogen-bond donors (Lipinski definition) is 4. The van der Waals surface area contributed by atoms with Crippen LogP contribution < -0.4 is 21.7 Å². The van der Waals surface area contributed by atoms with E-state index in [4.69, 9.17) is 22.1 Å². The summed E-state index contributed by atoms with van der Waals surface area (Å²) in [6, 6.07) is 4.03. The molecular formula is C19H23N9O. The highest BCUT2D eigenvalue weighted by atomic mass is 16.2. The van der Waals surface area contributed by atoms with E-state index >= 15 is 0 Å². The second-order valence-electron chi connectivity index (χ2n) is 6.88. The lowest BCUT2D eigenvalue weighted by Crippen LogP contribution is -2.40. The second kappa shape index (κ2) is 9.07. The van der Waals surface area contributed by atoms with Gasteiger partial charge in [-0.05, 0) is 18.9 Å². The first kappa shape index (κ1) is 20.2. The van der Waals surface area contributed by atoms with Gasteiger partial charge in [0.25, 0.3) is 0 Å². The Kier molecular flexibility index (Phi) is 6.31. The van der Waals surface area contributed by atoms with Crippen molar-refractivity contribution in [2.45, 2.75) is 31.2 Å². The van der Waals surface area contributed by atoms with E-state index in [2.05, 4.69) is 25.2 Å². The number of anilines is 2. The SMILES string of the molecule is N#CCc1cnc(C(C(=N)N)C(=O)Nc2cnccc2N2CCC(N)CC2)nc1. The molecule has 2 aromatic heterocycles. The largest absolute Gasteiger partial charge is 0.387 e. The maximum Gasteiger partial charge on any atom is 0.242 e. The van der Waals surface area contributed by atoms with Gasteiger partial charge >= 0.3 is 0 Å². The van der Waals surface area contributed by atoms with Gasteiger partial charge in [-0.15, -0.1) is 0 Å². The Morgan fingerprint density at radius 1 is 1.34 bits per heavy atom. The summed E-state index contributed by atoms with van der Waals surface area (Å²) in [5.74, 6) is -1.93. The predicted molar refractivity (Wildman–Crippen MR) is 108 cm³/mol. The van der Waals surface area contributed by atoms with Crippen molar-refractivity contribution < 1.29 is 4.79 Å². The number of carbonyl (C=O) groups is 1. The van der Waals surface area contributed by atoms with Crippen molar-refractivity contribution in [3.8, 4) is 6.07 Å². The molecule has 1 fully saturated rings. The Labute approximate surface area is 168 Å². The highest BCUT2D eigenvalue weighted by Crippen LogP contribution is 2.28. The van der Waals surface area contributed by atoms with Gasteiger partial charge < -0.3 is 21.7 Å². The van der Waals surface area contributed by atoms with E-state index in [1.807, 2.05) is 12.1 Å². The average molecular weight is 393 g/mol. The summed E-state index contributed by atoms with van der Waals surface area (Å²) in [6.45, 7) is 1.57. The number of carbonyl (C=O) groups excluding carboxylic acids is 1. The lowest BCUT2D eigenvalue weighted by atomic mass is 10.0. The van der Waals surface area contributed by atoms with Gasteiger partial charge in [0, 0.05) is 43.3 Å². The van der Waals surface area contributed by atoms with Crippen LogP contribution in [0, 0.1) is 16.7 Å². The lowest BCUT2D eigenvalue weighted by Gasteiger charge is -2.33. The summed E-state index contributed by atoms with van der Waals surface area (Å²) in [4.78, 5) is 27.4. The zero-order valence-electron chi connectivity index (χ0n) is 15.9. The molecule has 1 atom stereocenters. The number of amides is 1. The van der Waals surface area contributed by atoms with Gasteiger partial charge in [-0.3, -0.25) is 15.2 Å². The number of pyridine rings is 1. The molecule has 10 nitrogen and oxygen atoms in total. The van der Waals surface area contributed by atoms with Crippen LogP contribution in [0.15, 0.2) is 30.9 Å². The Hall–Kier alpha value is -3.58. The molecule has 0 saturated carbocycles. The van der Waals surface area contributed by atoms with Gasteiger partial charge in [-0.2, -0.15) is 5.26 Å². The van der Waals surface area contributed by atoms with Gasteiger partial charge in [0.2, 0.25) is 5.91 Å². The molecule has 2 aromatic rings. The summed E-state index contributed by atoms with van der Waals surface area (Å²) >= 11 is 0. The topological polar surface area (TPSA) is 171 Å². The lowest BCUT2D eigenvalue weighted by molar-refractivity contribution is -0.116. The third-order valence-electron chi connectivity index (χ3n) is 4.78. The molecule has 0 aliphatic carbocycles. The molecule has 0 bridgehead atoms. The van der Waals surface area contributed by atoms with Gasteiger partial charge in [0.1, 0.15) is 11.7 Å². The molecule has 3 rings (SSSR count). The molecule has 0 aromatic carbocycles.